The van der Waals surface area contributed by atoms with Gasteiger partial charge in [0.15, 0.2) is 4.91 Å². The Morgan fingerprint density at radius 3 is 2.63 bits per heavy atom. The summed E-state index contributed by atoms with van der Waals surface area (Å²) in [5.41, 5.74) is 2.39. The molecular formula is C27H32N4O5S2. The topological polar surface area (TPSA) is 135 Å². The molecule has 0 bridgehead atoms. The van der Waals surface area contributed by atoms with E-state index in [-0.39, 0.29) is 6.54 Å². The molecule has 0 saturated carbocycles. The number of benzene rings is 2. The number of rotatable bonds is 11. The van der Waals surface area contributed by atoms with E-state index in [2.05, 4.69) is 45.3 Å². The number of ether oxygens (including phenoxy) is 1. The summed E-state index contributed by atoms with van der Waals surface area (Å²) in [7, 11) is -4.14. The van der Waals surface area contributed by atoms with Crippen molar-refractivity contribution in [3.8, 4) is 16.5 Å². The lowest BCUT2D eigenvalue weighted by atomic mass is 10.1. The van der Waals surface area contributed by atoms with Crippen molar-refractivity contribution in [2.45, 2.75) is 13.0 Å². The fourth-order valence-electron chi connectivity index (χ4n) is 4.19. The molecule has 1 fully saturated rings. The summed E-state index contributed by atoms with van der Waals surface area (Å²) in [6.07, 6.45) is -1.24. The van der Waals surface area contributed by atoms with Gasteiger partial charge in [0, 0.05) is 48.2 Å². The standard InChI is InChI=1S/C27H32N4O5S2/c1-19(27(16-28)38(34,35)30-17-24(33)18-32)25-6-7-26(37-25)22-3-2-21-15-23(5-4-20(21)14-22)29-8-9-31-10-12-36-13-11-31/h2-7,14-15,24,29-30,32-33H,8-13,17-18H2,1H3/b27-19+. The Balaban J connectivity index is 1.47. The zero-order valence-corrected chi connectivity index (χ0v) is 22.8. The predicted octanol–water partition coefficient (Wildman–Crippen LogP) is 2.84. The molecule has 38 heavy (non-hydrogen) atoms. The molecular weight excluding hydrogens is 524 g/mol. The maximum absolute atomic E-state index is 12.6. The van der Waals surface area contributed by atoms with Gasteiger partial charge in [-0.25, -0.2) is 13.1 Å². The first-order chi connectivity index (χ1) is 18.3. The quantitative estimate of drug-likeness (QED) is 0.265. The largest absolute Gasteiger partial charge is 0.394 e. The van der Waals surface area contributed by atoms with Crippen LogP contribution in [0.15, 0.2) is 53.4 Å². The Morgan fingerprint density at radius 1 is 1.16 bits per heavy atom. The van der Waals surface area contributed by atoms with Crippen LogP contribution in [0.2, 0.25) is 0 Å². The number of aliphatic hydroxyl groups excluding tert-OH is 2. The molecule has 0 spiro atoms. The number of morpholine rings is 1. The van der Waals surface area contributed by atoms with E-state index in [1.165, 1.54) is 11.3 Å². The molecule has 0 amide bonds. The molecule has 0 radical (unpaired) electrons. The highest BCUT2D eigenvalue weighted by Crippen LogP contribution is 2.35. The van der Waals surface area contributed by atoms with Crippen molar-refractivity contribution in [2.75, 3.05) is 57.9 Å². The third-order valence-electron chi connectivity index (χ3n) is 6.39. The van der Waals surface area contributed by atoms with E-state index in [0.717, 1.165) is 66.3 Å². The number of nitriles is 1. The van der Waals surface area contributed by atoms with Crippen molar-refractivity contribution in [3.63, 3.8) is 0 Å². The van der Waals surface area contributed by atoms with Crippen LogP contribution in [0, 0.1) is 11.3 Å². The van der Waals surface area contributed by atoms with Gasteiger partial charge in [0.2, 0.25) is 0 Å². The zero-order chi connectivity index (χ0) is 27.1. The fourth-order valence-corrected chi connectivity index (χ4v) is 6.45. The van der Waals surface area contributed by atoms with Gasteiger partial charge in [0.05, 0.1) is 25.9 Å². The van der Waals surface area contributed by atoms with E-state index >= 15 is 0 Å². The Hall–Kier alpha value is -2.82. The second-order valence-corrected chi connectivity index (χ2v) is 11.9. The molecule has 4 N–H and O–H groups in total. The average molecular weight is 557 g/mol. The maximum atomic E-state index is 12.6. The van der Waals surface area contributed by atoms with Crippen molar-refractivity contribution < 1.29 is 23.4 Å². The SMILES string of the molecule is C/C(=C(/C#N)S(=O)(=O)NCC(O)CO)c1ccc(-c2ccc3cc(NCCN4CCOCC4)ccc3c2)s1. The van der Waals surface area contributed by atoms with E-state index in [4.69, 9.17) is 9.84 Å². The number of nitrogens with zero attached hydrogens (tertiary/aromatic N) is 2. The lowest BCUT2D eigenvalue weighted by Crippen LogP contribution is -2.38. The third kappa shape index (κ3) is 6.98. The number of allylic oxidation sites excluding steroid dienone is 2. The summed E-state index contributed by atoms with van der Waals surface area (Å²) < 4.78 is 32.8. The Bertz CT molecular complexity index is 1440. The molecule has 2 heterocycles. The molecule has 0 aliphatic carbocycles. The highest BCUT2D eigenvalue weighted by Gasteiger charge is 2.23. The van der Waals surface area contributed by atoms with Crippen molar-refractivity contribution in [2.24, 2.45) is 0 Å². The van der Waals surface area contributed by atoms with E-state index in [1.54, 1.807) is 19.1 Å². The highest BCUT2D eigenvalue weighted by atomic mass is 32.2. The van der Waals surface area contributed by atoms with Crippen molar-refractivity contribution >= 4 is 43.4 Å². The summed E-state index contributed by atoms with van der Waals surface area (Å²) in [5.74, 6) is 0. The second kappa shape index (κ2) is 12.8. The van der Waals surface area contributed by atoms with Gasteiger partial charge in [0.1, 0.15) is 6.07 Å². The van der Waals surface area contributed by atoms with Gasteiger partial charge in [-0.3, -0.25) is 4.90 Å². The van der Waals surface area contributed by atoms with Gasteiger partial charge < -0.3 is 20.3 Å². The highest BCUT2D eigenvalue weighted by molar-refractivity contribution is 7.93. The molecule has 9 nitrogen and oxygen atoms in total. The first-order valence-corrected chi connectivity index (χ1v) is 14.7. The zero-order valence-electron chi connectivity index (χ0n) is 21.2. The summed E-state index contributed by atoms with van der Waals surface area (Å²) in [5, 5.41) is 33.6. The molecule has 2 aromatic carbocycles. The van der Waals surface area contributed by atoms with Crippen LogP contribution in [-0.4, -0.2) is 82.2 Å². The number of nitrogens with one attached hydrogen (secondary N) is 2. The van der Waals surface area contributed by atoms with Crippen LogP contribution in [-0.2, 0) is 14.8 Å². The van der Waals surface area contributed by atoms with E-state index in [1.807, 2.05) is 12.1 Å². The van der Waals surface area contributed by atoms with E-state index in [0.29, 0.717) is 10.5 Å². The van der Waals surface area contributed by atoms with E-state index < -0.39 is 27.6 Å². The molecule has 202 valence electrons. The van der Waals surface area contributed by atoms with Crippen LogP contribution >= 0.6 is 11.3 Å². The second-order valence-electron chi connectivity index (χ2n) is 9.08. The first-order valence-electron chi connectivity index (χ1n) is 12.4. The Kier molecular flexibility index (Phi) is 9.51. The van der Waals surface area contributed by atoms with Crippen LogP contribution in [0.25, 0.3) is 26.8 Å². The van der Waals surface area contributed by atoms with Gasteiger partial charge in [-0.05, 0) is 59.2 Å². The molecule has 1 unspecified atom stereocenters. The number of anilines is 1. The monoisotopic (exact) mass is 556 g/mol. The molecule has 4 rings (SSSR count). The average Bonchev–Trinajstić information content (AvgIpc) is 3.43. The molecule has 1 atom stereocenters. The van der Waals surface area contributed by atoms with Gasteiger partial charge in [0.25, 0.3) is 10.0 Å². The minimum Gasteiger partial charge on any atom is -0.394 e. The number of fused-ring (bicyclic) bond motifs is 1. The predicted molar refractivity (Wildman–Crippen MR) is 151 cm³/mol. The van der Waals surface area contributed by atoms with Crippen LogP contribution in [0.4, 0.5) is 5.69 Å². The van der Waals surface area contributed by atoms with Gasteiger partial charge in [-0.1, -0.05) is 18.2 Å². The van der Waals surface area contributed by atoms with Crippen LogP contribution < -0.4 is 10.0 Å². The van der Waals surface area contributed by atoms with Crippen molar-refractivity contribution in [3.05, 3.63) is 58.3 Å². The lowest BCUT2D eigenvalue weighted by Gasteiger charge is -2.26. The van der Waals surface area contributed by atoms with Gasteiger partial charge in [-0.2, -0.15) is 5.26 Å². The molecule has 1 aromatic heterocycles. The summed E-state index contributed by atoms with van der Waals surface area (Å²) in [6.45, 7) is 6.01. The van der Waals surface area contributed by atoms with Crippen molar-refractivity contribution in [1.82, 2.24) is 9.62 Å². The lowest BCUT2D eigenvalue weighted by molar-refractivity contribution is 0.0398. The summed E-state index contributed by atoms with van der Waals surface area (Å²) in [6, 6.07) is 18.0. The molecule has 3 aromatic rings. The molecule has 11 heteroatoms. The normalized spacial score (nSPS) is 16.2. The number of hydrogen-bond donors (Lipinski definition) is 4. The van der Waals surface area contributed by atoms with Gasteiger partial charge >= 0.3 is 0 Å². The minimum absolute atomic E-state index is 0.323. The third-order valence-corrected chi connectivity index (χ3v) is 9.13. The fraction of sp³-hybridized carbons (Fsp3) is 0.370. The minimum atomic E-state index is -4.14. The molecule has 1 aliphatic rings. The molecule has 1 aliphatic heterocycles. The number of hydrogen-bond acceptors (Lipinski definition) is 9. The summed E-state index contributed by atoms with van der Waals surface area (Å²) >= 11 is 1.40. The van der Waals surface area contributed by atoms with Crippen molar-refractivity contribution in [1.29, 1.82) is 5.26 Å². The van der Waals surface area contributed by atoms with Crippen LogP contribution in [0.3, 0.4) is 0 Å². The number of aliphatic hydroxyl groups is 2. The first kappa shape index (κ1) is 28.2. The Morgan fingerprint density at radius 2 is 1.89 bits per heavy atom. The summed E-state index contributed by atoms with van der Waals surface area (Å²) in [4.78, 5) is 3.59. The maximum Gasteiger partial charge on any atom is 0.251 e. The van der Waals surface area contributed by atoms with Crippen LogP contribution in [0.1, 0.15) is 11.8 Å². The van der Waals surface area contributed by atoms with E-state index in [9.17, 15) is 18.8 Å². The number of sulfonamides is 1. The van der Waals surface area contributed by atoms with Gasteiger partial charge in [-0.15, -0.1) is 11.3 Å². The Labute approximate surface area is 227 Å². The van der Waals surface area contributed by atoms with Crippen LogP contribution in [0.5, 0.6) is 0 Å². The smallest absolute Gasteiger partial charge is 0.251 e. The number of thiophene rings is 1. The molecule has 1 saturated heterocycles.